The molecule has 0 aliphatic carbocycles. The first kappa shape index (κ1) is 21.9. The van der Waals surface area contributed by atoms with Crippen molar-refractivity contribution in [2.45, 2.75) is 69.7 Å². The van der Waals surface area contributed by atoms with E-state index in [0.717, 1.165) is 37.1 Å². The normalized spacial score (nSPS) is 18.1. The van der Waals surface area contributed by atoms with E-state index in [1.165, 1.54) is 17.4 Å². The number of hydrogen-bond acceptors (Lipinski definition) is 6. The highest BCUT2D eigenvalue weighted by Gasteiger charge is 2.31. The zero-order valence-electron chi connectivity index (χ0n) is 17.1. The molecule has 29 heavy (non-hydrogen) atoms. The maximum Gasteiger partial charge on any atom is 0.257 e. The Morgan fingerprint density at radius 1 is 1.28 bits per heavy atom. The number of rotatable bonds is 7. The fraction of sp³-hybridized carbons (Fsp3) is 0.550. The van der Waals surface area contributed by atoms with Gasteiger partial charge in [0.15, 0.2) is 0 Å². The number of benzene rings is 1. The minimum atomic E-state index is -3.63. The quantitative estimate of drug-likeness (QED) is 0.700. The summed E-state index contributed by atoms with van der Waals surface area (Å²) in [4.78, 5) is 12.8. The van der Waals surface area contributed by atoms with Gasteiger partial charge >= 0.3 is 0 Å². The van der Waals surface area contributed by atoms with Crippen molar-refractivity contribution < 1.29 is 13.2 Å². The molecule has 1 N–H and O–H groups in total. The zero-order valence-corrected chi connectivity index (χ0v) is 18.7. The van der Waals surface area contributed by atoms with E-state index >= 15 is 0 Å². The predicted octanol–water partition coefficient (Wildman–Crippen LogP) is 4.26. The van der Waals surface area contributed by atoms with Crippen LogP contribution in [0.1, 0.15) is 74.2 Å². The molecule has 0 radical (unpaired) electrons. The Morgan fingerprint density at radius 2 is 2.03 bits per heavy atom. The Balaban J connectivity index is 1.78. The summed E-state index contributed by atoms with van der Waals surface area (Å²) >= 11 is 1.37. The molecule has 0 bridgehead atoms. The van der Waals surface area contributed by atoms with Gasteiger partial charge in [0, 0.05) is 24.1 Å². The Labute approximate surface area is 176 Å². The summed E-state index contributed by atoms with van der Waals surface area (Å²) in [5, 5.41) is 12.3. The molecule has 1 atom stereocenters. The standard InChI is InChI=1S/C20H28N4O3S2/c1-4-15(5-2)19-22-23-20(28-19)21-18(25)16-10-8-11-17(13-16)29(26,27)24-12-7-6-9-14(24)3/h8,10-11,13-15H,4-7,9,12H2,1-3H3,(H,21,23,25). The van der Waals surface area contributed by atoms with Gasteiger partial charge in [-0.3, -0.25) is 10.1 Å². The number of nitrogens with one attached hydrogen (secondary N) is 1. The summed E-state index contributed by atoms with van der Waals surface area (Å²) in [7, 11) is -3.63. The van der Waals surface area contributed by atoms with Crippen LogP contribution in [0, 0.1) is 0 Å². The van der Waals surface area contributed by atoms with E-state index in [-0.39, 0.29) is 22.4 Å². The summed E-state index contributed by atoms with van der Waals surface area (Å²) in [5.41, 5.74) is 0.287. The SMILES string of the molecule is CCC(CC)c1nnc(NC(=O)c2cccc(S(=O)(=O)N3CCCCC3C)c2)s1. The third kappa shape index (κ3) is 4.84. The number of carbonyl (C=O) groups is 1. The van der Waals surface area contributed by atoms with Crippen LogP contribution in [0.25, 0.3) is 0 Å². The third-order valence-corrected chi connectivity index (χ3v) is 8.45. The lowest BCUT2D eigenvalue weighted by Crippen LogP contribution is -2.41. The average molecular weight is 437 g/mol. The number of aromatic nitrogens is 2. The van der Waals surface area contributed by atoms with Gasteiger partial charge in [0.2, 0.25) is 15.2 Å². The van der Waals surface area contributed by atoms with Crippen LogP contribution in [0.5, 0.6) is 0 Å². The number of piperidine rings is 1. The van der Waals surface area contributed by atoms with Crippen molar-refractivity contribution >= 4 is 32.4 Å². The lowest BCUT2D eigenvalue weighted by molar-refractivity contribution is 0.102. The van der Waals surface area contributed by atoms with E-state index in [1.807, 2.05) is 6.92 Å². The van der Waals surface area contributed by atoms with Crippen molar-refractivity contribution in [1.82, 2.24) is 14.5 Å². The van der Waals surface area contributed by atoms with E-state index < -0.39 is 10.0 Å². The van der Waals surface area contributed by atoms with Gasteiger partial charge in [-0.15, -0.1) is 10.2 Å². The minimum absolute atomic E-state index is 0.0314. The number of anilines is 1. The van der Waals surface area contributed by atoms with E-state index in [0.29, 0.717) is 17.6 Å². The Morgan fingerprint density at radius 3 is 2.72 bits per heavy atom. The summed E-state index contributed by atoms with van der Waals surface area (Å²) in [6, 6.07) is 6.16. The van der Waals surface area contributed by atoms with Crippen molar-refractivity contribution in [3.8, 4) is 0 Å². The topological polar surface area (TPSA) is 92.3 Å². The highest BCUT2D eigenvalue weighted by atomic mass is 32.2. The average Bonchev–Trinajstić information content (AvgIpc) is 3.17. The van der Waals surface area contributed by atoms with Gasteiger partial charge in [-0.05, 0) is 50.8 Å². The van der Waals surface area contributed by atoms with Crippen LogP contribution < -0.4 is 5.32 Å². The number of hydrogen-bond donors (Lipinski definition) is 1. The van der Waals surface area contributed by atoms with Gasteiger partial charge in [-0.25, -0.2) is 8.42 Å². The van der Waals surface area contributed by atoms with Gasteiger partial charge in [0.1, 0.15) is 5.01 Å². The Kier molecular flexibility index (Phi) is 7.02. The summed E-state index contributed by atoms with van der Waals surface area (Å²) in [5.74, 6) is -0.0563. The molecule has 7 nitrogen and oxygen atoms in total. The molecule has 1 aliphatic heterocycles. The fourth-order valence-electron chi connectivity index (χ4n) is 3.62. The van der Waals surface area contributed by atoms with Gasteiger partial charge in [-0.2, -0.15) is 4.31 Å². The second kappa shape index (κ2) is 9.32. The first-order valence-corrected chi connectivity index (χ1v) is 12.4. The van der Waals surface area contributed by atoms with E-state index in [9.17, 15) is 13.2 Å². The molecule has 3 rings (SSSR count). The van der Waals surface area contributed by atoms with Crippen molar-refractivity contribution in [2.24, 2.45) is 0 Å². The molecule has 1 saturated heterocycles. The van der Waals surface area contributed by atoms with Gasteiger partial charge in [0.05, 0.1) is 4.90 Å². The molecule has 9 heteroatoms. The highest BCUT2D eigenvalue weighted by Crippen LogP contribution is 2.29. The number of carbonyl (C=O) groups excluding carboxylic acids is 1. The molecular weight excluding hydrogens is 408 g/mol. The number of amides is 1. The number of nitrogens with zero attached hydrogens (tertiary/aromatic N) is 3. The Bertz CT molecular complexity index is 954. The summed E-state index contributed by atoms with van der Waals surface area (Å²) in [6.07, 6.45) is 4.69. The largest absolute Gasteiger partial charge is 0.296 e. The Hall–Kier alpha value is -1.84. The minimum Gasteiger partial charge on any atom is -0.296 e. The lowest BCUT2D eigenvalue weighted by Gasteiger charge is -2.32. The highest BCUT2D eigenvalue weighted by molar-refractivity contribution is 7.89. The molecule has 1 fully saturated rings. The lowest BCUT2D eigenvalue weighted by atomic mass is 10.1. The predicted molar refractivity (Wildman–Crippen MR) is 115 cm³/mol. The van der Waals surface area contributed by atoms with E-state index in [4.69, 9.17) is 0 Å². The van der Waals surface area contributed by atoms with Crippen LogP contribution in [-0.4, -0.2) is 41.4 Å². The molecule has 2 aromatic rings. The van der Waals surface area contributed by atoms with Crippen molar-refractivity contribution in [2.75, 3.05) is 11.9 Å². The van der Waals surface area contributed by atoms with E-state index in [2.05, 4.69) is 29.4 Å². The van der Waals surface area contributed by atoms with Crippen molar-refractivity contribution in [1.29, 1.82) is 0 Å². The molecule has 1 aliphatic rings. The van der Waals surface area contributed by atoms with E-state index in [1.54, 1.807) is 22.5 Å². The van der Waals surface area contributed by atoms with Gasteiger partial charge in [-0.1, -0.05) is 37.7 Å². The molecule has 1 amide bonds. The molecular formula is C20H28N4O3S2. The van der Waals surface area contributed by atoms with Crippen molar-refractivity contribution in [3.05, 3.63) is 34.8 Å². The monoisotopic (exact) mass is 436 g/mol. The summed E-state index contributed by atoms with van der Waals surface area (Å²) in [6.45, 7) is 6.65. The van der Waals surface area contributed by atoms with Crippen LogP contribution in [0.3, 0.4) is 0 Å². The van der Waals surface area contributed by atoms with Crippen LogP contribution in [0.2, 0.25) is 0 Å². The molecule has 1 unspecified atom stereocenters. The molecule has 1 aromatic carbocycles. The first-order valence-electron chi connectivity index (χ1n) is 10.1. The molecule has 158 valence electrons. The number of sulfonamides is 1. The maximum atomic E-state index is 13.0. The molecule has 2 heterocycles. The van der Waals surface area contributed by atoms with Crippen molar-refractivity contribution in [3.63, 3.8) is 0 Å². The molecule has 0 saturated carbocycles. The summed E-state index contributed by atoms with van der Waals surface area (Å²) < 4.78 is 27.6. The van der Waals surface area contributed by atoms with Crippen LogP contribution in [0.15, 0.2) is 29.2 Å². The molecule has 0 spiro atoms. The molecule has 1 aromatic heterocycles. The van der Waals surface area contributed by atoms with Crippen LogP contribution >= 0.6 is 11.3 Å². The van der Waals surface area contributed by atoms with Crippen LogP contribution in [-0.2, 0) is 10.0 Å². The second-order valence-electron chi connectivity index (χ2n) is 7.40. The van der Waals surface area contributed by atoms with Gasteiger partial charge < -0.3 is 0 Å². The van der Waals surface area contributed by atoms with Crippen LogP contribution in [0.4, 0.5) is 5.13 Å². The van der Waals surface area contributed by atoms with Gasteiger partial charge in [0.25, 0.3) is 5.91 Å². The first-order chi connectivity index (χ1) is 13.9. The smallest absolute Gasteiger partial charge is 0.257 e. The second-order valence-corrected chi connectivity index (χ2v) is 10.3. The zero-order chi connectivity index (χ0) is 21.0. The maximum absolute atomic E-state index is 13.0. The third-order valence-electron chi connectivity index (χ3n) is 5.44. The fourth-order valence-corrected chi connectivity index (χ4v) is 6.37.